The molecule has 0 aromatic heterocycles. The number of hydrogen-bond acceptors (Lipinski definition) is 3. The Balaban J connectivity index is 1.80. The van der Waals surface area contributed by atoms with E-state index in [0.717, 1.165) is 16.3 Å². The number of benzene rings is 3. The quantitative estimate of drug-likeness (QED) is 0.420. The Morgan fingerprint density at radius 3 is 2.41 bits per heavy atom. The van der Waals surface area contributed by atoms with Crippen molar-refractivity contribution < 1.29 is 14.0 Å². The van der Waals surface area contributed by atoms with Gasteiger partial charge >= 0.3 is 0 Å². The van der Waals surface area contributed by atoms with Crippen LogP contribution >= 0.6 is 12.2 Å². The molecule has 1 saturated heterocycles. The van der Waals surface area contributed by atoms with Crippen molar-refractivity contribution in [3.8, 4) is 0 Å². The van der Waals surface area contributed by atoms with Crippen molar-refractivity contribution in [2.75, 3.05) is 4.90 Å². The van der Waals surface area contributed by atoms with Crippen molar-refractivity contribution in [1.82, 2.24) is 5.32 Å². The molecule has 0 bridgehead atoms. The molecule has 0 radical (unpaired) electrons. The molecule has 0 saturated carbocycles. The van der Waals surface area contributed by atoms with E-state index >= 15 is 0 Å². The number of halogens is 1. The first kappa shape index (κ1) is 17.1. The first-order valence-corrected chi connectivity index (χ1v) is 8.60. The van der Waals surface area contributed by atoms with Crippen LogP contribution in [0.3, 0.4) is 0 Å². The lowest BCUT2D eigenvalue weighted by Gasteiger charge is -2.29. The molecule has 1 fully saturated rings. The van der Waals surface area contributed by atoms with E-state index in [2.05, 4.69) is 5.32 Å². The predicted octanol–water partition coefficient (Wildman–Crippen LogP) is 3.81. The second kappa shape index (κ2) is 6.74. The smallest absolute Gasteiger partial charge is 0.270 e. The van der Waals surface area contributed by atoms with E-state index in [1.807, 2.05) is 42.5 Å². The van der Waals surface area contributed by atoms with E-state index in [0.29, 0.717) is 5.69 Å². The molecule has 0 unspecified atom stereocenters. The van der Waals surface area contributed by atoms with E-state index in [1.165, 1.54) is 29.2 Å². The van der Waals surface area contributed by atoms with Crippen LogP contribution in [0.5, 0.6) is 0 Å². The van der Waals surface area contributed by atoms with Crippen molar-refractivity contribution >= 4 is 51.7 Å². The third-order valence-electron chi connectivity index (χ3n) is 4.31. The van der Waals surface area contributed by atoms with Crippen molar-refractivity contribution in [2.24, 2.45) is 0 Å². The Kier molecular flexibility index (Phi) is 4.25. The van der Waals surface area contributed by atoms with Crippen molar-refractivity contribution in [3.63, 3.8) is 0 Å². The maximum absolute atomic E-state index is 13.2. The van der Waals surface area contributed by atoms with Gasteiger partial charge in [-0.1, -0.05) is 42.5 Å². The van der Waals surface area contributed by atoms with Gasteiger partial charge in [-0.15, -0.1) is 0 Å². The number of nitrogens with zero attached hydrogens (tertiary/aromatic N) is 1. The standard InChI is InChI=1S/C21H13FN2O2S/c22-15-8-10-16(11-9-15)24-20(26)18(19(25)23-21(24)27)12-14-6-3-5-13-4-1-2-7-17(13)14/h1-12H,(H,23,25,27). The van der Waals surface area contributed by atoms with Crippen LogP contribution in [0.4, 0.5) is 10.1 Å². The van der Waals surface area contributed by atoms with Gasteiger partial charge in [0, 0.05) is 0 Å². The van der Waals surface area contributed by atoms with Crippen LogP contribution in [0, 0.1) is 5.82 Å². The highest BCUT2D eigenvalue weighted by atomic mass is 32.1. The van der Waals surface area contributed by atoms with Gasteiger partial charge in [-0.3, -0.25) is 19.8 Å². The largest absolute Gasteiger partial charge is 0.298 e. The van der Waals surface area contributed by atoms with Gasteiger partial charge in [0.15, 0.2) is 5.11 Å². The van der Waals surface area contributed by atoms with Gasteiger partial charge < -0.3 is 0 Å². The lowest BCUT2D eigenvalue weighted by molar-refractivity contribution is -0.122. The number of carbonyl (C=O) groups excluding carboxylic acids is 2. The first-order valence-electron chi connectivity index (χ1n) is 8.19. The summed E-state index contributed by atoms with van der Waals surface area (Å²) in [5.41, 5.74) is 1.10. The molecule has 27 heavy (non-hydrogen) atoms. The summed E-state index contributed by atoms with van der Waals surface area (Å²) in [5.74, 6) is -1.54. The molecule has 4 nitrogen and oxygen atoms in total. The molecule has 2 amide bonds. The van der Waals surface area contributed by atoms with E-state index in [9.17, 15) is 14.0 Å². The molecule has 6 heteroatoms. The summed E-state index contributed by atoms with van der Waals surface area (Å²) in [4.78, 5) is 26.6. The highest BCUT2D eigenvalue weighted by Crippen LogP contribution is 2.25. The fraction of sp³-hybridized carbons (Fsp3) is 0. The Bertz CT molecular complexity index is 1120. The van der Waals surface area contributed by atoms with Crippen LogP contribution in [-0.2, 0) is 9.59 Å². The molecule has 132 valence electrons. The molecule has 1 aliphatic heterocycles. The normalized spacial score (nSPS) is 16.1. The summed E-state index contributed by atoms with van der Waals surface area (Å²) in [6, 6.07) is 18.7. The van der Waals surface area contributed by atoms with Crippen LogP contribution in [0.1, 0.15) is 5.56 Å². The van der Waals surface area contributed by atoms with Crippen LogP contribution in [0.25, 0.3) is 16.8 Å². The van der Waals surface area contributed by atoms with E-state index in [4.69, 9.17) is 12.2 Å². The van der Waals surface area contributed by atoms with E-state index in [1.54, 1.807) is 6.08 Å². The minimum Gasteiger partial charge on any atom is -0.298 e. The van der Waals surface area contributed by atoms with Gasteiger partial charge in [-0.05, 0) is 58.9 Å². The average Bonchev–Trinajstić information content (AvgIpc) is 2.66. The highest BCUT2D eigenvalue weighted by Gasteiger charge is 2.34. The summed E-state index contributed by atoms with van der Waals surface area (Å²) in [7, 11) is 0. The number of rotatable bonds is 2. The fourth-order valence-corrected chi connectivity index (χ4v) is 3.29. The van der Waals surface area contributed by atoms with Gasteiger partial charge in [0.25, 0.3) is 11.8 Å². The lowest BCUT2D eigenvalue weighted by atomic mass is 10.0. The third-order valence-corrected chi connectivity index (χ3v) is 4.59. The Morgan fingerprint density at radius 2 is 1.63 bits per heavy atom. The summed E-state index contributed by atoms with van der Waals surface area (Å²) >= 11 is 5.14. The molecule has 0 aliphatic carbocycles. The van der Waals surface area contributed by atoms with Gasteiger partial charge in [0.2, 0.25) is 0 Å². The summed E-state index contributed by atoms with van der Waals surface area (Å²) in [5, 5.41) is 4.42. The Hall–Kier alpha value is -3.38. The van der Waals surface area contributed by atoms with Crippen LogP contribution in [0.2, 0.25) is 0 Å². The number of carbonyl (C=O) groups is 2. The molecular weight excluding hydrogens is 363 g/mol. The summed E-state index contributed by atoms with van der Waals surface area (Å²) < 4.78 is 13.2. The molecule has 1 N–H and O–H groups in total. The second-order valence-electron chi connectivity index (χ2n) is 6.00. The predicted molar refractivity (Wildman–Crippen MR) is 107 cm³/mol. The minimum atomic E-state index is -0.559. The molecule has 0 atom stereocenters. The Labute approximate surface area is 159 Å². The van der Waals surface area contributed by atoms with Crippen molar-refractivity contribution in [1.29, 1.82) is 0 Å². The number of amides is 2. The van der Waals surface area contributed by atoms with Crippen LogP contribution < -0.4 is 10.2 Å². The molecule has 1 aliphatic rings. The molecular formula is C21H13FN2O2S. The number of anilines is 1. The first-order chi connectivity index (χ1) is 13.0. The van der Waals surface area contributed by atoms with E-state index in [-0.39, 0.29) is 10.7 Å². The van der Waals surface area contributed by atoms with E-state index < -0.39 is 17.6 Å². The minimum absolute atomic E-state index is 0.0355. The zero-order chi connectivity index (χ0) is 19.0. The molecule has 3 aromatic rings. The van der Waals surface area contributed by atoms with Gasteiger partial charge in [0.1, 0.15) is 11.4 Å². The maximum atomic E-state index is 13.2. The molecule has 3 aromatic carbocycles. The molecule has 0 spiro atoms. The SMILES string of the molecule is O=C1NC(=S)N(c2ccc(F)cc2)C(=O)C1=Cc1cccc2ccccc12. The third kappa shape index (κ3) is 3.11. The number of fused-ring (bicyclic) bond motifs is 1. The van der Waals surface area contributed by atoms with Crippen molar-refractivity contribution in [2.45, 2.75) is 0 Å². The van der Waals surface area contributed by atoms with Crippen LogP contribution in [-0.4, -0.2) is 16.9 Å². The summed E-state index contributed by atoms with van der Waals surface area (Å²) in [6.07, 6.45) is 1.55. The number of hydrogen-bond donors (Lipinski definition) is 1. The van der Waals surface area contributed by atoms with Gasteiger partial charge in [0.05, 0.1) is 5.69 Å². The number of thiocarbonyl (C=S) groups is 1. The average molecular weight is 376 g/mol. The summed E-state index contributed by atoms with van der Waals surface area (Å²) in [6.45, 7) is 0. The van der Waals surface area contributed by atoms with Gasteiger partial charge in [-0.25, -0.2) is 4.39 Å². The monoisotopic (exact) mass is 376 g/mol. The fourth-order valence-electron chi connectivity index (χ4n) is 3.01. The maximum Gasteiger partial charge on any atom is 0.270 e. The lowest BCUT2D eigenvalue weighted by Crippen LogP contribution is -2.54. The van der Waals surface area contributed by atoms with Crippen LogP contribution in [0.15, 0.2) is 72.3 Å². The van der Waals surface area contributed by atoms with Gasteiger partial charge in [-0.2, -0.15) is 0 Å². The number of nitrogens with one attached hydrogen (secondary N) is 1. The van der Waals surface area contributed by atoms with Crippen molar-refractivity contribution in [3.05, 3.63) is 83.7 Å². The zero-order valence-corrected chi connectivity index (χ0v) is 14.8. The highest BCUT2D eigenvalue weighted by molar-refractivity contribution is 7.80. The zero-order valence-electron chi connectivity index (χ0n) is 14.0. The topological polar surface area (TPSA) is 49.4 Å². The molecule has 1 heterocycles. The Morgan fingerprint density at radius 1 is 0.926 bits per heavy atom. The molecule has 4 rings (SSSR count). The second-order valence-corrected chi connectivity index (χ2v) is 6.39.